The van der Waals surface area contributed by atoms with Crippen molar-refractivity contribution in [2.45, 2.75) is 53.2 Å². The van der Waals surface area contributed by atoms with Gasteiger partial charge in [0.05, 0.1) is 48.3 Å². The second kappa shape index (κ2) is 12.3. The van der Waals surface area contributed by atoms with Crippen LogP contribution in [0.5, 0.6) is 17.2 Å². The van der Waals surface area contributed by atoms with Crippen molar-refractivity contribution in [1.29, 1.82) is 0 Å². The summed E-state index contributed by atoms with van der Waals surface area (Å²) in [5.41, 5.74) is 2.12. The summed E-state index contributed by atoms with van der Waals surface area (Å²) in [4.78, 5) is 32.1. The van der Waals surface area contributed by atoms with Gasteiger partial charge < -0.3 is 18.9 Å². The number of benzene rings is 2. The Bertz CT molecular complexity index is 1550. The molecule has 0 fully saturated rings. The van der Waals surface area contributed by atoms with Crippen molar-refractivity contribution < 1.29 is 23.7 Å². The van der Waals surface area contributed by atoms with Crippen molar-refractivity contribution in [2.24, 2.45) is 4.99 Å². The second-order valence-electron chi connectivity index (χ2n) is 9.30. The molecule has 4 rings (SSSR count). The number of allylic oxidation sites excluding steroid dienone is 1. The molecule has 9 heteroatoms. The lowest BCUT2D eigenvalue weighted by molar-refractivity contribution is -0.139. The molecule has 0 N–H and O–H groups in total. The summed E-state index contributed by atoms with van der Waals surface area (Å²) in [6, 6.07) is 12.3. The third-order valence-corrected chi connectivity index (χ3v) is 7.02. The minimum Gasteiger partial charge on any atom is -0.494 e. The summed E-state index contributed by atoms with van der Waals surface area (Å²) in [5, 5.41) is 0. The number of esters is 1. The van der Waals surface area contributed by atoms with E-state index in [0.29, 0.717) is 44.3 Å². The molecular formula is C30H34N2O6S. The Balaban J connectivity index is 1.86. The number of ether oxygens (including phenoxy) is 4. The van der Waals surface area contributed by atoms with E-state index < -0.39 is 12.0 Å². The number of hydrogen-bond acceptors (Lipinski definition) is 8. The van der Waals surface area contributed by atoms with Crippen molar-refractivity contribution in [3.63, 3.8) is 0 Å². The zero-order valence-electron chi connectivity index (χ0n) is 23.1. The summed E-state index contributed by atoms with van der Waals surface area (Å²) < 4.78 is 24.6. The van der Waals surface area contributed by atoms with Gasteiger partial charge in [0.1, 0.15) is 5.75 Å². The van der Waals surface area contributed by atoms with Crippen LogP contribution in [0, 0.1) is 0 Å². The average molecular weight is 551 g/mol. The fourth-order valence-corrected chi connectivity index (χ4v) is 5.39. The standard InChI is InChI=1S/C30H34N2O6S/c1-7-15-37-22-12-9-20(10-13-22)16-25-28(33)32-27(21-11-14-23(38-18(3)4)24(17-21)35-6)26(29(34)36-8-2)19(5)31-30(32)39-25/h9-14,16-18,27H,7-8,15H2,1-6H3. The van der Waals surface area contributed by atoms with Crippen LogP contribution >= 0.6 is 11.3 Å². The number of carbonyl (C=O) groups excluding carboxylic acids is 1. The Labute approximate surface area is 231 Å². The number of fused-ring (bicyclic) bond motifs is 1. The molecule has 1 atom stereocenters. The van der Waals surface area contributed by atoms with E-state index in [-0.39, 0.29) is 18.3 Å². The normalized spacial score (nSPS) is 15.2. The monoisotopic (exact) mass is 550 g/mol. The first-order valence-corrected chi connectivity index (χ1v) is 13.9. The van der Waals surface area contributed by atoms with Gasteiger partial charge in [0.15, 0.2) is 16.3 Å². The molecule has 1 aromatic heterocycles. The molecule has 206 valence electrons. The largest absolute Gasteiger partial charge is 0.494 e. The fraction of sp³-hybridized carbons (Fsp3) is 0.367. The Kier molecular flexibility index (Phi) is 8.91. The SMILES string of the molecule is CCCOc1ccc(C=c2sc3n(c2=O)C(c2ccc(OC(C)C)c(OC)c2)C(C(=O)OCC)=C(C)N=3)cc1. The smallest absolute Gasteiger partial charge is 0.338 e. The third-order valence-electron chi connectivity index (χ3n) is 6.03. The molecule has 0 spiro atoms. The number of nitrogens with zero attached hydrogens (tertiary/aromatic N) is 2. The first kappa shape index (κ1) is 28.2. The van der Waals surface area contributed by atoms with Crippen LogP contribution in [0.25, 0.3) is 6.08 Å². The van der Waals surface area contributed by atoms with Gasteiger partial charge in [0.25, 0.3) is 5.56 Å². The molecule has 0 aliphatic carbocycles. The van der Waals surface area contributed by atoms with Crippen LogP contribution in [0.15, 0.2) is 63.5 Å². The summed E-state index contributed by atoms with van der Waals surface area (Å²) in [6.45, 7) is 10.3. The fourth-order valence-electron chi connectivity index (χ4n) is 4.34. The minimum absolute atomic E-state index is 0.0491. The van der Waals surface area contributed by atoms with Crippen molar-refractivity contribution in [3.8, 4) is 17.2 Å². The van der Waals surface area contributed by atoms with E-state index in [2.05, 4.69) is 11.9 Å². The highest BCUT2D eigenvalue weighted by atomic mass is 32.1. The van der Waals surface area contributed by atoms with Crippen molar-refractivity contribution in [1.82, 2.24) is 4.57 Å². The summed E-state index contributed by atoms with van der Waals surface area (Å²) >= 11 is 1.28. The molecule has 1 unspecified atom stereocenters. The maximum Gasteiger partial charge on any atom is 0.338 e. The van der Waals surface area contributed by atoms with E-state index in [1.54, 1.807) is 37.7 Å². The van der Waals surface area contributed by atoms with Gasteiger partial charge >= 0.3 is 5.97 Å². The molecule has 2 aromatic carbocycles. The van der Waals surface area contributed by atoms with Crippen LogP contribution in [0.4, 0.5) is 0 Å². The lowest BCUT2D eigenvalue weighted by atomic mass is 9.95. The first-order valence-electron chi connectivity index (χ1n) is 13.0. The zero-order valence-corrected chi connectivity index (χ0v) is 24.0. The highest BCUT2D eigenvalue weighted by Crippen LogP contribution is 2.36. The van der Waals surface area contributed by atoms with Gasteiger partial charge in [-0.1, -0.05) is 36.5 Å². The molecule has 0 radical (unpaired) electrons. The molecule has 3 aromatic rings. The van der Waals surface area contributed by atoms with Crippen LogP contribution in [0.3, 0.4) is 0 Å². The van der Waals surface area contributed by atoms with Gasteiger partial charge in [-0.2, -0.15) is 0 Å². The summed E-state index contributed by atoms with van der Waals surface area (Å²) in [6.07, 6.45) is 2.71. The maximum absolute atomic E-state index is 13.8. The Morgan fingerprint density at radius 1 is 1.13 bits per heavy atom. The summed E-state index contributed by atoms with van der Waals surface area (Å²) in [7, 11) is 1.56. The minimum atomic E-state index is -0.741. The van der Waals surface area contributed by atoms with Crippen LogP contribution in [0.2, 0.25) is 0 Å². The molecule has 39 heavy (non-hydrogen) atoms. The van der Waals surface area contributed by atoms with Crippen molar-refractivity contribution >= 4 is 23.4 Å². The van der Waals surface area contributed by atoms with Gasteiger partial charge in [0.2, 0.25) is 0 Å². The molecule has 0 saturated heterocycles. The predicted molar refractivity (Wildman–Crippen MR) is 151 cm³/mol. The molecule has 1 aliphatic heterocycles. The van der Waals surface area contributed by atoms with Crippen LogP contribution in [-0.4, -0.2) is 37.0 Å². The second-order valence-corrected chi connectivity index (χ2v) is 10.3. The Hall–Kier alpha value is -3.85. The number of thiazole rings is 1. The van der Waals surface area contributed by atoms with Crippen molar-refractivity contribution in [3.05, 3.63) is 84.5 Å². The molecular weight excluding hydrogens is 516 g/mol. The molecule has 1 aliphatic rings. The molecule has 0 bridgehead atoms. The van der Waals surface area contributed by atoms with E-state index in [0.717, 1.165) is 17.7 Å². The van der Waals surface area contributed by atoms with Gasteiger partial charge in [-0.05, 0) is 75.6 Å². The van der Waals surface area contributed by atoms with Crippen LogP contribution < -0.4 is 29.1 Å². The quantitative estimate of drug-likeness (QED) is 0.348. The molecule has 2 heterocycles. The Morgan fingerprint density at radius 2 is 1.87 bits per heavy atom. The number of aromatic nitrogens is 1. The molecule has 0 amide bonds. The zero-order chi connectivity index (χ0) is 28.1. The number of rotatable bonds is 10. The number of methoxy groups -OCH3 is 1. The van der Waals surface area contributed by atoms with E-state index >= 15 is 0 Å². The van der Waals surface area contributed by atoms with Gasteiger partial charge in [-0.15, -0.1) is 0 Å². The first-order chi connectivity index (χ1) is 18.8. The van der Waals surface area contributed by atoms with Crippen LogP contribution in [-0.2, 0) is 9.53 Å². The number of hydrogen-bond donors (Lipinski definition) is 0. The van der Waals surface area contributed by atoms with E-state index in [4.69, 9.17) is 18.9 Å². The number of carbonyl (C=O) groups is 1. The topological polar surface area (TPSA) is 88.3 Å². The Morgan fingerprint density at radius 3 is 2.51 bits per heavy atom. The predicted octanol–water partition coefficient (Wildman–Crippen LogP) is 4.38. The van der Waals surface area contributed by atoms with Crippen LogP contribution in [0.1, 0.15) is 58.2 Å². The lowest BCUT2D eigenvalue weighted by Gasteiger charge is -2.25. The van der Waals surface area contributed by atoms with E-state index in [1.807, 2.05) is 50.3 Å². The average Bonchev–Trinajstić information content (AvgIpc) is 3.21. The highest BCUT2D eigenvalue weighted by Gasteiger charge is 2.34. The lowest BCUT2D eigenvalue weighted by Crippen LogP contribution is -2.40. The van der Waals surface area contributed by atoms with E-state index in [9.17, 15) is 9.59 Å². The van der Waals surface area contributed by atoms with E-state index in [1.165, 1.54) is 11.3 Å². The van der Waals surface area contributed by atoms with Crippen molar-refractivity contribution in [2.75, 3.05) is 20.3 Å². The highest BCUT2D eigenvalue weighted by molar-refractivity contribution is 7.07. The molecule has 8 nitrogen and oxygen atoms in total. The summed E-state index contributed by atoms with van der Waals surface area (Å²) in [5.74, 6) is 1.35. The van der Waals surface area contributed by atoms with Gasteiger partial charge in [-0.3, -0.25) is 9.36 Å². The third kappa shape index (κ3) is 6.09. The van der Waals surface area contributed by atoms with Gasteiger partial charge in [0, 0.05) is 0 Å². The van der Waals surface area contributed by atoms with Gasteiger partial charge in [-0.25, -0.2) is 9.79 Å². The molecule has 0 saturated carbocycles. The maximum atomic E-state index is 13.8.